The first-order valence-corrected chi connectivity index (χ1v) is 31.2. The number of carboxylic acid groups (broad SMARTS) is 20. The molecule has 0 atom stereocenters. The Morgan fingerprint density at radius 3 is 0.273 bits per heavy atom. The molecule has 0 amide bonds. The van der Waals surface area contributed by atoms with Gasteiger partial charge in [0.25, 0.3) is 0 Å². The molecule has 110 heavy (non-hydrogen) atoms. The van der Waals surface area contributed by atoms with Crippen molar-refractivity contribution in [2.24, 2.45) is 0 Å². The van der Waals surface area contributed by atoms with Gasteiger partial charge in [-0.2, -0.15) is 0 Å². The highest BCUT2D eigenvalue weighted by atomic mass is 16.4. The second kappa shape index (κ2) is 61.9. The van der Waals surface area contributed by atoms with Gasteiger partial charge in [0.1, 0.15) is 0 Å². The van der Waals surface area contributed by atoms with Crippen molar-refractivity contribution in [3.05, 3.63) is 177 Å². The molecule has 0 unspecified atom stereocenters. The van der Waals surface area contributed by atoms with Crippen LogP contribution in [0.3, 0.4) is 0 Å². The summed E-state index contributed by atoms with van der Waals surface area (Å²) in [6.07, 6.45) is 5.09. The maximum absolute atomic E-state index is 10.4. The average Bonchev–Trinajstić information content (AvgIpc) is 0.911. The summed E-state index contributed by atoms with van der Waals surface area (Å²) in [5.41, 5.74) is -0.186. The van der Waals surface area contributed by atoms with Gasteiger partial charge in [-0.05, 0) is 155 Å². The third kappa shape index (κ3) is 65.5. The van der Waals surface area contributed by atoms with Crippen molar-refractivity contribution in [3.8, 4) is 0 Å². The predicted molar refractivity (Wildman–Crippen MR) is 371 cm³/mol. The normalized spacial score (nSPS) is 9.27. The Morgan fingerprint density at radius 1 is 0.145 bits per heavy atom. The number of benzene rings is 5. The van der Waals surface area contributed by atoms with E-state index in [2.05, 4.69) is 0 Å². The molecule has 0 saturated carbocycles. The Morgan fingerprint density at radius 2 is 0.218 bits per heavy atom. The van der Waals surface area contributed by atoms with Crippen molar-refractivity contribution in [2.45, 2.75) is 128 Å². The van der Waals surface area contributed by atoms with Gasteiger partial charge < -0.3 is 102 Å². The molecule has 0 fully saturated rings. The number of carboxylic acids is 20. The van der Waals surface area contributed by atoms with Gasteiger partial charge in [0.2, 0.25) is 0 Å². The van der Waals surface area contributed by atoms with Crippen molar-refractivity contribution in [2.75, 3.05) is 0 Å². The van der Waals surface area contributed by atoms with E-state index in [9.17, 15) is 95.9 Å². The molecule has 0 saturated heterocycles. The fourth-order valence-electron chi connectivity index (χ4n) is 6.69. The summed E-state index contributed by atoms with van der Waals surface area (Å²) in [5.74, 6) is -20.0. The minimum Gasteiger partial charge on any atom is -0.481 e. The van der Waals surface area contributed by atoms with Crippen molar-refractivity contribution in [1.29, 1.82) is 0 Å². The van der Waals surface area contributed by atoms with Crippen LogP contribution >= 0.6 is 0 Å². The van der Waals surface area contributed by atoms with Crippen LogP contribution in [0.1, 0.15) is 232 Å². The summed E-state index contributed by atoms with van der Waals surface area (Å²) in [6.45, 7) is 0. The Kier molecular flexibility index (Phi) is 58.6. The number of rotatable bonds is 35. The molecule has 0 aliphatic heterocycles. The Bertz CT molecular complexity index is 3100. The number of aromatic carboxylic acids is 10. The lowest BCUT2D eigenvalue weighted by molar-refractivity contribution is -0.139. The first-order chi connectivity index (χ1) is 51.2. The maximum atomic E-state index is 10.4. The lowest BCUT2D eigenvalue weighted by atomic mass is 10.1. The van der Waals surface area contributed by atoms with E-state index < -0.39 is 119 Å². The van der Waals surface area contributed by atoms with Gasteiger partial charge in [0.15, 0.2) is 0 Å². The molecule has 0 aliphatic carbocycles. The van der Waals surface area contributed by atoms with Gasteiger partial charge in [-0.3, -0.25) is 47.9 Å². The molecule has 5 aromatic carbocycles. The van der Waals surface area contributed by atoms with Crippen LogP contribution in [0.25, 0.3) is 0 Å². The molecule has 20 N–H and O–H groups in total. The second-order valence-corrected chi connectivity index (χ2v) is 20.9. The zero-order chi connectivity index (χ0) is 85.6. The third-order valence-corrected chi connectivity index (χ3v) is 11.9. The van der Waals surface area contributed by atoms with E-state index in [0.29, 0.717) is 64.2 Å². The predicted octanol–water partition coefficient (Wildman–Crippen LogP) is 9.00. The molecule has 0 bridgehead atoms. The number of unbranched alkanes of at least 4 members (excludes halogenated alkanes) is 5. The monoisotopic (exact) mass is 1560 g/mol. The van der Waals surface area contributed by atoms with Crippen LogP contribution < -0.4 is 0 Å². The number of aliphatic carboxylic acids is 10. The van der Waals surface area contributed by atoms with Gasteiger partial charge in [-0.25, -0.2) is 47.9 Å². The summed E-state index contributed by atoms with van der Waals surface area (Å²) in [4.78, 5) is 203. The highest BCUT2D eigenvalue weighted by molar-refractivity contribution is 5.97. The molecular weight excluding hydrogens is 1480 g/mol. The smallest absolute Gasteiger partial charge is 0.335 e. The van der Waals surface area contributed by atoms with E-state index in [1.54, 1.807) is 0 Å². The van der Waals surface area contributed by atoms with E-state index in [4.69, 9.17) is 102 Å². The van der Waals surface area contributed by atoms with Crippen LogP contribution in [0.15, 0.2) is 121 Å². The van der Waals surface area contributed by atoms with Crippen molar-refractivity contribution < 1.29 is 198 Å². The molecule has 0 heterocycles. The quantitative estimate of drug-likeness (QED) is 0.0168. The Labute approximate surface area is 620 Å². The Hall–Kier alpha value is -14.5. The summed E-state index contributed by atoms with van der Waals surface area (Å²) in [5, 5.41) is 166. The number of carbonyl (C=O) groups is 20. The molecule has 5 rings (SSSR count). The first-order valence-electron chi connectivity index (χ1n) is 31.2. The molecule has 0 aromatic heterocycles. The lowest BCUT2D eigenvalue weighted by Gasteiger charge is -1.95. The fourth-order valence-corrected chi connectivity index (χ4v) is 6.69. The first kappa shape index (κ1) is 104. The van der Waals surface area contributed by atoms with Gasteiger partial charge in [-0.1, -0.05) is 30.3 Å². The standard InChI is InChI=1S/5C8H6O4.5C6H10O4/c5*9-7(10)5-2-1-3-6(4-5)8(11)12;5*7-5(8)3-1-2-4-6(9)10/h5*1-4H,(H,9,10)(H,11,12);5*1-4H2,(H,7,8)(H,9,10). The zero-order valence-corrected chi connectivity index (χ0v) is 57.8. The fraction of sp³-hybridized carbons (Fsp3) is 0.286. The Balaban J connectivity index is -0.000000372. The molecule has 40 nitrogen and oxygen atoms in total. The number of hydrogen-bond donors (Lipinski definition) is 20. The summed E-state index contributed by atoms with van der Waals surface area (Å²) < 4.78 is 0. The highest BCUT2D eigenvalue weighted by Gasteiger charge is 2.12. The van der Waals surface area contributed by atoms with Crippen LogP contribution in [0.2, 0.25) is 0 Å². The average molecular weight is 1560 g/mol. The lowest BCUT2D eigenvalue weighted by Crippen LogP contribution is -2.01. The minimum absolute atomic E-state index is 0.0186. The summed E-state index contributed by atoms with van der Waals surface area (Å²) in [6, 6.07) is 26.0. The van der Waals surface area contributed by atoms with E-state index in [1.807, 2.05) is 0 Å². The topological polar surface area (TPSA) is 746 Å². The molecule has 5 aromatic rings. The SMILES string of the molecule is O=C(O)CCCCC(=O)O.O=C(O)CCCCC(=O)O.O=C(O)CCCCC(=O)O.O=C(O)CCCCC(=O)O.O=C(O)CCCCC(=O)O.O=C(O)c1cccc(C(=O)O)c1.O=C(O)c1cccc(C(=O)O)c1.O=C(O)c1cccc(C(=O)O)c1.O=C(O)c1cccc(C(=O)O)c1.O=C(O)c1cccc(C(=O)O)c1. The maximum Gasteiger partial charge on any atom is 0.335 e. The van der Waals surface area contributed by atoms with Gasteiger partial charge >= 0.3 is 119 Å². The van der Waals surface area contributed by atoms with Gasteiger partial charge in [0.05, 0.1) is 55.6 Å². The number of hydrogen-bond acceptors (Lipinski definition) is 20. The van der Waals surface area contributed by atoms with Crippen LogP contribution in [-0.2, 0) is 47.9 Å². The van der Waals surface area contributed by atoms with Crippen LogP contribution in [0.5, 0.6) is 0 Å². The van der Waals surface area contributed by atoms with Crippen LogP contribution in [-0.4, -0.2) is 222 Å². The highest BCUT2D eigenvalue weighted by Crippen LogP contribution is 2.10. The molecule has 0 spiro atoms. The van der Waals surface area contributed by atoms with E-state index in [0.717, 1.165) is 30.3 Å². The van der Waals surface area contributed by atoms with Gasteiger partial charge in [0, 0.05) is 64.2 Å². The minimum atomic E-state index is -1.13. The van der Waals surface area contributed by atoms with Crippen molar-refractivity contribution >= 4 is 119 Å². The van der Waals surface area contributed by atoms with Crippen molar-refractivity contribution in [3.63, 3.8) is 0 Å². The van der Waals surface area contributed by atoms with Crippen LogP contribution in [0.4, 0.5) is 0 Å². The largest absolute Gasteiger partial charge is 0.481 e. The molecular formula is C70H80O40. The van der Waals surface area contributed by atoms with Crippen molar-refractivity contribution in [1.82, 2.24) is 0 Å². The van der Waals surface area contributed by atoms with Crippen LogP contribution in [0, 0.1) is 0 Å². The summed E-state index contributed by atoms with van der Waals surface area (Å²) in [7, 11) is 0. The molecule has 0 aliphatic rings. The molecule has 0 radical (unpaired) electrons. The van der Waals surface area contributed by atoms with Gasteiger partial charge in [-0.15, -0.1) is 0 Å². The zero-order valence-electron chi connectivity index (χ0n) is 57.8. The molecule has 40 heteroatoms. The van der Waals surface area contributed by atoms with E-state index in [-0.39, 0.29) is 120 Å². The summed E-state index contributed by atoms with van der Waals surface area (Å²) >= 11 is 0. The van der Waals surface area contributed by atoms with E-state index in [1.165, 1.54) is 91.0 Å². The third-order valence-electron chi connectivity index (χ3n) is 11.9. The second-order valence-electron chi connectivity index (χ2n) is 20.9. The van der Waals surface area contributed by atoms with E-state index >= 15 is 0 Å². The molecule has 600 valence electrons.